The Morgan fingerprint density at radius 1 is 1.33 bits per heavy atom. The van der Waals surface area contributed by atoms with Crippen LogP contribution in [0.2, 0.25) is 0 Å². The molecule has 0 unspecified atom stereocenters. The maximum atomic E-state index is 11.6. The first-order valence-corrected chi connectivity index (χ1v) is 4.46. The molecule has 4 heteroatoms. The van der Waals surface area contributed by atoms with Crippen LogP contribution in [0.1, 0.15) is 10.4 Å². The Bertz CT molecular complexity index is 397. The maximum absolute atomic E-state index is 11.6. The number of carbonyl (C=O) groups excluding carboxylic acids is 1. The van der Waals surface area contributed by atoms with Gasteiger partial charge in [-0.1, -0.05) is 12.1 Å². The summed E-state index contributed by atoms with van der Waals surface area (Å²) in [4.78, 5) is 23.8. The average Bonchev–Trinajstić information content (AvgIpc) is 2.25. The highest BCUT2D eigenvalue weighted by Gasteiger charge is 2.07. The van der Waals surface area contributed by atoms with E-state index in [2.05, 4.69) is 5.18 Å². The Hall–Kier alpha value is -1.97. The SMILES string of the molecule is CN(C)/C=C/C(=O)c1ccccc1N=O. The number of nitroso groups, excluding NO2 is 1. The summed E-state index contributed by atoms with van der Waals surface area (Å²) < 4.78 is 0. The third-order valence-corrected chi connectivity index (χ3v) is 1.79. The van der Waals surface area contributed by atoms with E-state index in [0.717, 1.165) is 0 Å². The van der Waals surface area contributed by atoms with E-state index in [1.807, 2.05) is 14.1 Å². The minimum absolute atomic E-state index is 0.172. The van der Waals surface area contributed by atoms with Crippen LogP contribution >= 0.6 is 0 Å². The van der Waals surface area contributed by atoms with Gasteiger partial charge < -0.3 is 4.90 Å². The summed E-state index contributed by atoms with van der Waals surface area (Å²) in [5.74, 6) is -0.223. The quantitative estimate of drug-likeness (QED) is 0.429. The van der Waals surface area contributed by atoms with Gasteiger partial charge in [0.05, 0.1) is 5.56 Å². The monoisotopic (exact) mass is 204 g/mol. The lowest BCUT2D eigenvalue weighted by Crippen LogP contribution is -2.03. The van der Waals surface area contributed by atoms with Gasteiger partial charge in [0.25, 0.3) is 0 Å². The van der Waals surface area contributed by atoms with Gasteiger partial charge >= 0.3 is 0 Å². The number of benzene rings is 1. The van der Waals surface area contributed by atoms with Crippen molar-refractivity contribution in [3.05, 3.63) is 47.0 Å². The molecule has 0 heterocycles. The Balaban J connectivity index is 2.96. The molecular weight excluding hydrogens is 192 g/mol. The molecule has 4 nitrogen and oxygen atoms in total. The highest BCUT2D eigenvalue weighted by molar-refractivity contribution is 6.07. The summed E-state index contributed by atoms with van der Waals surface area (Å²) in [5.41, 5.74) is 0.497. The van der Waals surface area contributed by atoms with Gasteiger partial charge in [-0.2, -0.15) is 0 Å². The van der Waals surface area contributed by atoms with E-state index in [-0.39, 0.29) is 11.5 Å². The molecule has 1 rings (SSSR count). The summed E-state index contributed by atoms with van der Waals surface area (Å²) in [6.07, 6.45) is 3.04. The van der Waals surface area contributed by atoms with Gasteiger partial charge in [-0.05, 0) is 17.3 Å². The van der Waals surface area contributed by atoms with Crippen molar-refractivity contribution >= 4 is 11.5 Å². The highest BCUT2D eigenvalue weighted by atomic mass is 16.3. The van der Waals surface area contributed by atoms with E-state index in [1.165, 1.54) is 12.1 Å². The van der Waals surface area contributed by atoms with E-state index < -0.39 is 0 Å². The molecule has 1 aromatic rings. The van der Waals surface area contributed by atoms with Crippen LogP contribution in [0.25, 0.3) is 0 Å². The molecule has 0 saturated heterocycles. The second-order valence-electron chi connectivity index (χ2n) is 3.25. The fourth-order valence-corrected chi connectivity index (χ4v) is 1.07. The smallest absolute Gasteiger partial charge is 0.189 e. The molecule has 0 aliphatic carbocycles. The van der Waals surface area contributed by atoms with Crippen LogP contribution in [-0.2, 0) is 0 Å². The highest BCUT2D eigenvalue weighted by Crippen LogP contribution is 2.18. The molecule has 0 spiro atoms. The summed E-state index contributed by atoms with van der Waals surface area (Å²) in [5, 5.41) is 2.80. The van der Waals surface area contributed by atoms with Gasteiger partial charge in [0.1, 0.15) is 5.69 Å². The maximum Gasteiger partial charge on any atom is 0.189 e. The van der Waals surface area contributed by atoms with Crippen LogP contribution in [0.15, 0.2) is 41.7 Å². The van der Waals surface area contributed by atoms with Crippen LogP contribution in [0.4, 0.5) is 5.69 Å². The predicted molar refractivity (Wildman–Crippen MR) is 59.1 cm³/mol. The lowest BCUT2D eigenvalue weighted by Gasteiger charge is -2.03. The molecule has 0 aliphatic rings. The molecular formula is C11H12N2O2. The fourth-order valence-electron chi connectivity index (χ4n) is 1.07. The van der Waals surface area contributed by atoms with Crippen molar-refractivity contribution in [1.29, 1.82) is 0 Å². The topological polar surface area (TPSA) is 49.7 Å². The molecule has 78 valence electrons. The minimum atomic E-state index is -0.223. The van der Waals surface area contributed by atoms with E-state index in [4.69, 9.17) is 0 Å². The average molecular weight is 204 g/mol. The van der Waals surface area contributed by atoms with E-state index in [9.17, 15) is 9.70 Å². The van der Waals surface area contributed by atoms with Gasteiger partial charge in [0.2, 0.25) is 0 Å². The Morgan fingerprint density at radius 3 is 2.60 bits per heavy atom. The van der Waals surface area contributed by atoms with Crippen LogP contribution in [0.5, 0.6) is 0 Å². The molecule has 0 bridgehead atoms. The van der Waals surface area contributed by atoms with Crippen molar-refractivity contribution in [1.82, 2.24) is 4.90 Å². The largest absolute Gasteiger partial charge is 0.383 e. The summed E-state index contributed by atoms with van der Waals surface area (Å²) in [6.45, 7) is 0. The molecule has 0 N–H and O–H groups in total. The normalized spacial score (nSPS) is 10.3. The Labute approximate surface area is 88.2 Å². The molecule has 0 amide bonds. The first kappa shape index (κ1) is 11.1. The van der Waals surface area contributed by atoms with Crippen LogP contribution in [-0.4, -0.2) is 24.8 Å². The predicted octanol–water partition coefficient (Wildman–Crippen LogP) is 2.34. The van der Waals surface area contributed by atoms with Crippen molar-refractivity contribution in [3.8, 4) is 0 Å². The molecule has 0 saturated carbocycles. The zero-order valence-electron chi connectivity index (χ0n) is 8.68. The van der Waals surface area contributed by atoms with Gasteiger partial charge in [0, 0.05) is 26.4 Å². The first-order valence-electron chi connectivity index (χ1n) is 4.46. The zero-order chi connectivity index (χ0) is 11.3. The fraction of sp³-hybridized carbons (Fsp3) is 0.182. The molecule has 0 aromatic heterocycles. The standard InChI is InChI=1S/C11H12N2O2/c1-13(2)8-7-11(14)9-5-3-4-6-10(9)12-15/h3-8H,1-2H3/b8-7+. The van der Waals surface area contributed by atoms with Crippen molar-refractivity contribution in [3.63, 3.8) is 0 Å². The van der Waals surface area contributed by atoms with E-state index in [0.29, 0.717) is 5.56 Å². The third-order valence-electron chi connectivity index (χ3n) is 1.79. The van der Waals surface area contributed by atoms with Gasteiger partial charge in [-0.15, -0.1) is 4.91 Å². The summed E-state index contributed by atoms with van der Waals surface area (Å²) >= 11 is 0. The number of ketones is 1. The molecule has 0 fully saturated rings. The third kappa shape index (κ3) is 3.02. The minimum Gasteiger partial charge on any atom is -0.383 e. The second-order valence-corrected chi connectivity index (χ2v) is 3.25. The lowest BCUT2D eigenvalue weighted by atomic mass is 10.1. The lowest BCUT2D eigenvalue weighted by molar-refractivity contribution is 0.104. The number of nitrogens with zero attached hydrogens (tertiary/aromatic N) is 2. The van der Waals surface area contributed by atoms with Gasteiger partial charge in [-0.3, -0.25) is 4.79 Å². The number of rotatable bonds is 4. The zero-order valence-corrected chi connectivity index (χ0v) is 8.68. The van der Waals surface area contributed by atoms with Gasteiger partial charge in [0.15, 0.2) is 5.78 Å². The number of hydrogen-bond donors (Lipinski definition) is 0. The van der Waals surface area contributed by atoms with Crippen LogP contribution < -0.4 is 0 Å². The van der Waals surface area contributed by atoms with Gasteiger partial charge in [-0.25, -0.2) is 0 Å². The van der Waals surface area contributed by atoms with E-state index >= 15 is 0 Å². The van der Waals surface area contributed by atoms with Crippen molar-refractivity contribution in [2.24, 2.45) is 5.18 Å². The molecule has 0 aliphatic heterocycles. The second kappa shape index (κ2) is 5.05. The molecule has 15 heavy (non-hydrogen) atoms. The number of hydrogen-bond acceptors (Lipinski definition) is 4. The molecule has 1 aromatic carbocycles. The molecule has 0 radical (unpaired) electrons. The Morgan fingerprint density at radius 2 is 2.00 bits per heavy atom. The summed E-state index contributed by atoms with van der Waals surface area (Å²) in [6, 6.07) is 6.47. The van der Waals surface area contributed by atoms with Crippen molar-refractivity contribution in [2.75, 3.05) is 14.1 Å². The van der Waals surface area contributed by atoms with Crippen molar-refractivity contribution in [2.45, 2.75) is 0 Å². The van der Waals surface area contributed by atoms with Crippen LogP contribution in [0, 0.1) is 4.91 Å². The Kier molecular flexibility index (Phi) is 3.74. The summed E-state index contributed by atoms with van der Waals surface area (Å²) in [7, 11) is 3.63. The molecule has 0 atom stereocenters. The van der Waals surface area contributed by atoms with Crippen molar-refractivity contribution < 1.29 is 4.79 Å². The van der Waals surface area contributed by atoms with E-state index in [1.54, 1.807) is 29.3 Å². The number of carbonyl (C=O) groups is 1. The van der Waals surface area contributed by atoms with Crippen LogP contribution in [0.3, 0.4) is 0 Å². The first-order chi connectivity index (χ1) is 7.15. The number of allylic oxidation sites excluding steroid dienone is 1.